The quantitative estimate of drug-likeness (QED) is 0.666. The molecule has 0 aliphatic carbocycles. The van der Waals surface area contributed by atoms with Crippen molar-refractivity contribution in [3.63, 3.8) is 0 Å². The minimum Gasteiger partial charge on any atom is -0.383 e. The first-order valence-corrected chi connectivity index (χ1v) is 7.89. The van der Waals surface area contributed by atoms with Gasteiger partial charge >= 0.3 is 0 Å². The fraction of sp³-hybridized carbons (Fsp3) is 0.500. The Morgan fingerprint density at radius 1 is 1.17 bits per heavy atom. The molecule has 0 bridgehead atoms. The van der Waals surface area contributed by atoms with E-state index in [1.54, 1.807) is 22.9 Å². The minimum absolute atomic E-state index is 0.0658. The molecule has 0 saturated carbocycles. The molecule has 8 heteroatoms. The molecule has 0 atom stereocenters. The molecule has 24 heavy (non-hydrogen) atoms. The summed E-state index contributed by atoms with van der Waals surface area (Å²) in [4.78, 5) is 38.5. The fourth-order valence-corrected chi connectivity index (χ4v) is 2.70. The van der Waals surface area contributed by atoms with Gasteiger partial charge in [-0.05, 0) is 12.1 Å². The molecule has 0 aromatic heterocycles. The molecule has 1 aromatic rings. The molecule has 130 valence electrons. The zero-order valence-electron chi connectivity index (χ0n) is 14.1. The van der Waals surface area contributed by atoms with E-state index in [9.17, 15) is 19.7 Å². The van der Waals surface area contributed by atoms with Crippen molar-refractivity contribution in [1.82, 2.24) is 9.80 Å². The van der Waals surface area contributed by atoms with Crippen LogP contribution in [0, 0.1) is 16.0 Å². The summed E-state index contributed by atoms with van der Waals surface area (Å²) in [6.45, 7) is 5.53. The zero-order chi connectivity index (χ0) is 17.9. The van der Waals surface area contributed by atoms with Crippen LogP contribution in [0.5, 0.6) is 0 Å². The third kappa shape index (κ3) is 3.64. The van der Waals surface area contributed by atoms with E-state index in [0.717, 1.165) is 0 Å². The maximum absolute atomic E-state index is 12.6. The Kier molecular flexibility index (Phi) is 5.38. The Balaban J connectivity index is 2.09. The summed E-state index contributed by atoms with van der Waals surface area (Å²) in [5.74, 6) is -0.238. The molecule has 2 amide bonds. The summed E-state index contributed by atoms with van der Waals surface area (Å²) in [5, 5.41) is 13.9. The number of piperazine rings is 1. The van der Waals surface area contributed by atoms with E-state index in [2.05, 4.69) is 5.32 Å². The summed E-state index contributed by atoms with van der Waals surface area (Å²) in [6, 6.07) is 4.40. The molecule has 0 unspecified atom stereocenters. The first-order valence-electron chi connectivity index (χ1n) is 7.89. The van der Waals surface area contributed by atoms with E-state index in [0.29, 0.717) is 31.9 Å². The minimum atomic E-state index is -0.512. The molecule has 1 aliphatic heterocycles. The number of nitrogens with zero attached hydrogens (tertiary/aromatic N) is 3. The van der Waals surface area contributed by atoms with Gasteiger partial charge in [0.1, 0.15) is 5.69 Å². The number of nitro groups is 1. The highest BCUT2D eigenvalue weighted by Crippen LogP contribution is 2.25. The van der Waals surface area contributed by atoms with Crippen LogP contribution < -0.4 is 5.32 Å². The predicted octanol–water partition coefficient (Wildman–Crippen LogP) is 1.58. The van der Waals surface area contributed by atoms with Crippen molar-refractivity contribution in [3.05, 3.63) is 33.9 Å². The molecule has 0 spiro atoms. The van der Waals surface area contributed by atoms with E-state index < -0.39 is 4.92 Å². The Hall–Kier alpha value is -2.64. The Morgan fingerprint density at radius 3 is 2.25 bits per heavy atom. The summed E-state index contributed by atoms with van der Waals surface area (Å²) in [5.41, 5.74) is 0.519. The van der Waals surface area contributed by atoms with Gasteiger partial charge in [-0.1, -0.05) is 13.8 Å². The summed E-state index contributed by atoms with van der Waals surface area (Å²) >= 11 is 0. The number of nitrogens with one attached hydrogen (secondary N) is 1. The monoisotopic (exact) mass is 334 g/mol. The average molecular weight is 334 g/mol. The smallest absolute Gasteiger partial charge is 0.293 e. The van der Waals surface area contributed by atoms with Crippen molar-refractivity contribution >= 4 is 23.2 Å². The predicted molar refractivity (Wildman–Crippen MR) is 90.0 cm³/mol. The number of amides is 2. The number of hydrogen-bond acceptors (Lipinski definition) is 5. The van der Waals surface area contributed by atoms with Gasteiger partial charge in [-0.3, -0.25) is 19.7 Å². The van der Waals surface area contributed by atoms with Crippen LogP contribution >= 0.6 is 0 Å². The lowest BCUT2D eigenvalue weighted by Crippen LogP contribution is -2.51. The van der Waals surface area contributed by atoms with E-state index in [-0.39, 0.29) is 29.0 Å². The van der Waals surface area contributed by atoms with Gasteiger partial charge in [0.05, 0.1) is 4.92 Å². The number of benzene rings is 1. The molecular formula is C16H22N4O4. The van der Waals surface area contributed by atoms with Crippen LogP contribution in [-0.2, 0) is 4.79 Å². The van der Waals surface area contributed by atoms with Crippen LogP contribution in [-0.4, -0.2) is 59.8 Å². The first kappa shape index (κ1) is 17.7. The molecule has 1 heterocycles. The number of carbonyl (C=O) groups is 2. The largest absolute Gasteiger partial charge is 0.383 e. The van der Waals surface area contributed by atoms with Gasteiger partial charge in [-0.2, -0.15) is 0 Å². The van der Waals surface area contributed by atoms with Gasteiger partial charge in [0, 0.05) is 50.8 Å². The molecule has 1 aromatic carbocycles. The lowest BCUT2D eigenvalue weighted by molar-refractivity contribution is -0.384. The summed E-state index contributed by atoms with van der Waals surface area (Å²) in [7, 11) is 1.59. The normalized spacial score (nSPS) is 14.7. The van der Waals surface area contributed by atoms with Gasteiger partial charge in [0.2, 0.25) is 5.91 Å². The first-order chi connectivity index (χ1) is 11.3. The lowest BCUT2D eigenvalue weighted by Gasteiger charge is -2.35. The van der Waals surface area contributed by atoms with E-state index in [1.165, 1.54) is 12.1 Å². The van der Waals surface area contributed by atoms with Gasteiger partial charge in [-0.15, -0.1) is 0 Å². The van der Waals surface area contributed by atoms with Crippen LogP contribution in [0.2, 0.25) is 0 Å². The second-order valence-corrected chi connectivity index (χ2v) is 6.01. The molecule has 2 rings (SSSR count). The second kappa shape index (κ2) is 7.29. The molecular weight excluding hydrogens is 312 g/mol. The van der Waals surface area contributed by atoms with Gasteiger partial charge < -0.3 is 15.1 Å². The number of nitro benzene ring substituents is 1. The van der Waals surface area contributed by atoms with Gasteiger partial charge in [0.15, 0.2) is 0 Å². The number of rotatable bonds is 4. The van der Waals surface area contributed by atoms with Crippen LogP contribution in [0.25, 0.3) is 0 Å². The summed E-state index contributed by atoms with van der Waals surface area (Å²) in [6.07, 6.45) is 0. The van der Waals surface area contributed by atoms with Crippen molar-refractivity contribution in [3.8, 4) is 0 Å². The van der Waals surface area contributed by atoms with Crippen molar-refractivity contribution in [1.29, 1.82) is 0 Å². The topological polar surface area (TPSA) is 95.8 Å². The maximum Gasteiger partial charge on any atom is 0.293 e. The average Bonchev–Trinajstić information content (AvgIpc) is 2.59. The van der Waals surface area contributed by atoms with Crippen molar-refractivity contribution in [2.75, 3.05) is 38.5 Å². The Bertz CT molecular complexity index is 651. The molecule has 1 N–H and O–H groups in total. The highest BCUT2D eigenvalue weighted by Gasteiger charge is 2.27. The summed E-state index contributed by atoms with van der Waals surface area (Å²) < 4.78 is 0. The third-order valence-electron chi connectivity index (χ3n) is 4.08. The van der Waals surface area contributed by atoms with Crippen molar-refractivity contribution < 1.29 is 14.5 Å². The number of hydrogen-bond donors (Lipinski definition) is 1. The van der Waals surface area contributed by atoms with Crippen LogP contribution in [0.4, 0.5) is 11.4 Å². The van der Waals surface area contributed by atoms with Crippen molar-refractivity contribution in [2.24, 2.45) is 5.92 Å². The van der Waals surface area contributed by atoms with Crippen molar-refractivity contribution in [2.45, 2.75) is 13.8 Å². The highest BCUT2D eigenvalue weighted by atomic mass is 16.6. The molecule has 1 aliphatic rings. The molecule has 0 radical (unpaired) electrons. The SMILES string of the molecule is CNc1ccc(C(=O)N2CCN(C(=O)C(C)C)CC2)cc1[N+](=O)[O-]. The molecule has 8 nitrogen and oxygen atoms in total. The maximum atomic E-state index is 12.6. The van der Waals surface area contributed by atoms with Gasteiger partial charge in [0.25, 0.3) is 11.6 Å². The highest BCUT2D eigenvalue weighted by molar-refractivity contribution is 5.96. The Labute approximate surface area is 140 Å². The lowest BCUT2D eigenvalue weighted by atomic mass is 10.1. The standard InChI is InChI=1S/C16H22N4O4/c1-11(2)15(21)18-6-8-19(9-7-18)16(22)12-4-5-13(17-3)14(10-12)20(23)24/h4-5,10-11,17H,6-9H2,1-3H3. The molecule has 1 fully saturated rings. The van der Waals surface area contributed by atoms with E-state index in [4.69, 9.17) is 0 Å². The molecule has 1 saturated heterocycles. The fourth-order valence-electron chi connectivity index (χ4n) is 2.70. The van der Waals surface area contributed by atoms with Crippen LogP contribution in [0.1, 0.15) is 24.2 Å². The van der Waals surface area contributed by atoms with Crippen LogP contribution in [0.15, 0.2) is 18.2 Å². The number of carbonyl (C=O) groups excluding carboxylic acids is 2. The number of anilines is 1. The second-order valence-electron chi connectivity index (χ2n) is 6.01. The zero-order valence-corrected chi connectivity index (χ0v) is 14.1. The van der Waals surface area contributed by atoms with E-state index in [1.807, 2.05) is 13.8 Å². The van der Waals surface area contributed by atoms with E-state index >= 15 is 0 Å². The third-order valence-corrected chi connectivity index (χ3v) is 4.08. The van der Waals surface area contributed by atoms with Gasteiger partial charge in [-0.25, -0.2) is 0 Å². The Morgan fingerprint density at radius 2 is 1.75 bits per heavy atom. The van der Waals surface area contributed by atoms with Crippen LogP contribution in [0.3, 0.4) is 0 Å².